The van der Waals surface area contributed by atoms with Gasteiger partial charge in [-0.3, -0.25) is 14.4 Å². The lowest BCUT2D eigenvalue weighted by atomic mass is 10.1. The molecule has 0 heterocycles. The number of nitrogens with zero attached hydrogens (tertiary/aromatic N) is 1. The fourth-order valence-electron chi connectivity index (χ4n) is 2.15. The van der Waals surface area contributed by atoms with Crippen molar-refractivity contribution in [3.63, 3.8) is 0 Å². The fourth-order valence-corrected chi connectivity index (χ4v) is 2.15. The first-order chi connectivity index (χ1) is 11.9. The minimum atomic E-state index is -0.513. The Kier molecular flexibility index (Phi) is 5.68. The SMILES string of the molecule is CNC(=O)c1ccc(C=CC(=O)N(C)c2ccc(C(N)=O)cc2)cc1. The Balaban J connectivity index is 2.06. The van der Waals surface area contributed by atoms with Gasteiger partial charge < -0.3 is 16.0 Å². The van der Waals surface area contributed by atoms with Crippen molar-refractivity contribution in [1.82, 2.24) is 5.32 Å². The Hall–Kier alpha value is -3.41. The molecule has 0 saturated heterocycles. The van der Waals surface area contributed by atoms with E-state index < -0.39 is 5.91 Å². The van der Waals surface area contributed by atoms with Gasteiger partial charge >= 0.3 is 0 Å². The predicted octanol–water partition coefficient (Wildman–Crippen LogP) is 1.82. The van der Waals surface area contributed by atoms with E-state index in [9.17, 15) is 14.4 Å². The summed E-state index contributed by atoms with van der Waals surface area (Å²) in [6.45, 7) is 0. The monoisotopic (exact) mass is 337 g/mol. The summed E-state index contributed by atoms with van der Waals surface area (Å²) in [6, 6.07) is 13.4. The highest BCUT2D eigenvalue weighted by Gasteiger charge is 2.09. The lowest BCUT2D eigenvalue weighted by Gasteiger charge is -2.15. The predicted molar refractivity (Wildman–Crippen MR) is 97.2 cm³/mol. The Morgan fingerprint density at radius 2 is 1.52 bits per heavy atom. The second-order valence-corrected chi connectivity index (χ2v) is 5.34. The number of nitrogens with one attached hydrogen (secondary N) is 1. The van der Waals surface area contributed by atoms with E-state index in [4.69, 9.17) is 5.73 Å². The van der Waals surface area contributed by atoms with Crippen LogP contribution in [0.15, 0.2) is 54.6 Å². The number of hydrogen-bond acceptors (Lipinski definition) is 3. The summed E-state index contributed by atoms with van der Waals surface area (Å²) in [6.07, 6.45) is 3.11. The molecule has 6 nitrogen and oxygen atoms in total. The van der Waals surface area contributed by atoms with Crippen LogP contribution in [0.5, 0.6) is 0 Å². The van der Waals surface area contributed by atoms with Crippen LogP contribution in [0.2, 0.25) is 0 Å². The van der Waals surface area contributed by atoms with Crippen molar-refractivity contribution in [2.75, 3.05) is 19.0 Å². The first-order valence-corrected chi connectivity index (χ1v) is 7.60. The average Bonchev–Trinajstić information content (AvgIpc) is 2.65. The lowest BCUT2D eigenvalue weighted by Crippen LogP contribution is -2.24. The number of carbonyl (C=O) groups is 3. The number of benzene rings is 2. The van der Waals surface area contributed by atoms with Gasteiger partial charge in [0.2, 0.25) is 5.91 Å². The first kappa shape index (κ1) is 17.9. The van der Waals surface area contributed by atoms with Crippen LogP contribution < -0.4 is 16.0 Å². The molecular formula is C19H19N3O3. The summed E-state index contributed by atoms with van der Waals surface area (Å²) in [7, 11) is 3.21. The summed E-state index contributed by atoms with van der Waals surface area (Å²) >= 11 is 0. The van der Waals surface area contributed by atoms with Crippen molar-refractivity contribution < 1.29 is 14.4 Å². The topological polar surface area (TPSA) is 92.5 Å². The highest BCUT2D eigenvalue weighted by molar-refractivity contribution is 6.04. The zero-order valence-electron chi connectivity index (χ0n) is 14.0. The largest absolute Gasteiger partial charge is 0.366 e. The lowest BCUT2D eigenvalue weighted by molar-refractivity contribution is -0.113. The van der Waals surface area contributed by atoms with Crippen LogP contribution in [0.3, 0.4) is 0 Å². The Morgan fingerprint density at radius 1 is 0.960 bits per heavy atom. The Morgan fingerprint density at radius 3 is 2.04 bits per heavy atom. The second-order valence-electron chi connectivity index (χ2n) is 5.34. The third-order valence-corrected chi connectivity index (χ3v) is 3.69. The summed E-state index contributed by atoms with van der Waals surface area (Å²) in [4.78, 5) is 36.2. The van der Waals surface area contributed by atoms with Crippen LogP contribution in [0.4, 0.5) is 5.69 Å². The van der Waals surface area contributed by atoms with E-state index in [0.717, 1.165) is 5.56 Å². The number of likely N-dealkylation sites (N-methyl/N-ethyl adjacent to an activating group) is 1. The molecule has 0 aliphatic heterocycles. The van der Waals surface area contributed by atoms with E-state index in [-0.39, 0.29) is 11.8 Å². The van der Waals surface area contributed by atoms with Crippen LogP contribution in [0.1, 0.15) is 26.3 Å². The molecule has 0 radical (unpaired) electrons. The molecule has 0 aliphatic carbocycles. The van der Waals surface area contributed by atoms with E-state index in [2.05, 4.69) is 5.32 Å². The van der Waals surface area contributed by atoms with Crippen LogP contribution in [-0.2, 0) is 4.79 Å². The molecule has 2 aromatic carbocycles. The van der Waals surface area contributed by atoms with Gasteiger partial charge in [-0.2, -0.15) is 0 Å². The molecule has 2 aromatic rings. The molecule has 128 valence electrons. The molecule has 0 aromatic heterocycles. The van der Waals surface area contributed by atoms with Gasteiger partial charge in [-0.15, -0.1) is 0 Å². The summed E-state index contributed by atoms with van der Waals surface area (Å²) in [5.41, 5.74) is 7.59. The molecule has 0 atom stereocenters. The van der Waals surface area contributed by atoms with Gasteiger partial charge in [-0.05, 0) is 48.0 Å². The van der Waals surface area contributed by atoms with Crippen LogP contribution in [0.25, 0.3) is 6.08 Å². The molecule has 0 unspecified atom stereocenters. The smallest absolute Gasteiger partial charge is 0.251 e. The van der Waals surface area contributed by atoms with E-state index in [0.29, 0.717) is 16.8 Å². The van der Waals surface area contributed by atoms with Gasteiger partial charge in [-0.1, -0.05) is 12.1 Å². The van der Waals surface area contributed by atoms with Gasteiger partial charge in [0.25, 0.3) is 11.8 Å². The molecule has 0 bridgehead atoms. The molecule has 25 heavy (non-hydrogen) atoms. The molecule has 3 amide bonds. The maximum Gasteiger partial charge on any atom is 0.251 e. The van der Waals surface area contributed by atoms with Crippen molar-refractivity contribution >= 4 is 29.5 Å². The molecule has 0 fully saturated rings. The molecule has 6 heteroatoms. The summed E-state index contributed by atoms with van der Waals surface area (Å²) < 4.78 is 0. The minimum absolute atomic E-state index is 0.161. The number of anilines is 1. The molecule has 2 rings (SSSR count). The molecule has 0 spiro atoms. The Labute approximate surface area is 145 Å². The number of nitrogens with two attached hydrogens (primary N) is 1. The first-order valence-electron chi connectivity index (χ1n) is 7.60. The van der Waals surface area contributed by atoms with Crippen LogP contribution in [0, 0.1) is 0 Å². The third-order valence-electron chi connectivity index (χ3n) is 3.69. The van der Waals surface area contributed by atoms with E-state index >= 15 is 0 Å². The molecule has 3 N–H and O–H groups in total. The number of carbonyl (C=O) groups excluding carboxylic acids is 3. The van der Waals surface area contributed by atoms with Crippen molar-refractivity contribution in [3.8, 4) is 0 Å². The number of rotatable bonds is 5. The molecular weight excluding hydrogens is 318 g/mol. The van der Waals surface area contributed by atoms with Gasteiger partial charge in [0, 0.05) is 37.0 Å². The minimum Gasteiger partial charge on any atom is -0.366 e. The highest BCUT2D eigenvalue weighted by Crippen LogP contribution is 2.15. The second kappa shape index (κ2) is 7.92. The van der Waals surface area contributed by atoms with Gasteiger partial charge in [0.15, 0.2) is 0 Å². The van der Waals surface area contributed by atoms with Gasteiger partial charge in [-0.25, -0.2) is 0 Å². The number of amides is 3. The van der Waals surface area contributed by atoms with Crippen molar-refractivity contribution in [3.05, 3.63) is 71.3 Å². The quantitative estimate of drug-likeness (QED) is 0.815. The normalized spacial score (nSPS) is 10.5. The van der Waals surface area contributed by atoms with Crippen LogP contribution >= 0.6 is 0 Å². The fraction of sp³-hybridized carbons (Fsp3) is 0.105. The van der Waals surface area contributed by atoms with E-state index in [1.54, 1.807) is 68.7 Å². The zero-order valence-corrected chi connectivity index (χ0v) is 14.0. The van der Waals surface area contributed by atoms with Gasteiger partial charge in [0.1, 0.15) is 0 Å². The van der Waals surface area contributed by atoms with Gasteiger partial charge in [0.05, 0.1) is 0 Å². The van der Waals surface area contributed by atoms with Crippen molar-refractivity contribution in [1.29, 1.82) is 0 Å². The highest BCUT2D eigenvalue weighted by atomic mass is 16.2. The summed E-state index contributed by atoms with van der Waals surface area (Å²) in [5.74, 6) is -0.895. The van der Waals surface area contributed by atoms with Crippen molar-refractivity contribution in [2.24, 2.45) is 5.73 Å². The number of hydrogen-bond donors (Lipinski definition) is 2. The Bertz CT molecular complexity index is 809. The average molecular weight is 337 g/mol. The van der Waals surface area contributed by atoms with Crippen LogP contribution in [-0.4, -0.2) is 31.8 Å². The van der Waals surface area contributed by atoms with Crippen molar-refractivity contribution in [2.45, 2.75) is 0 Å². The van der Waals surface area contributed by atoms with E-state index in [1.807, 2.05) is 0 Å². The van der Waals surface area contributed by atoms with E-state index in [1.165, 1.54) is 11.0 Å². The summed E-state index contributed by atoms with van der Waals surface area (Å²) in [5, 5.41) is 2.55. The maximum atomic E-state index is 12.2. The maximum absolute atomic E-state index is 12.2. The molecule has 0 aliphatic rings. The standard InChI is InChI=1S/C19H19N3O3/c1-21-19(25)15-6-3-13(4-7-15)5-12-17(23)22(2)16-10-8-14(9-11-16)18(20)24/h3-12H,1-2H3,(H2,20,24)(H,21,25). The zero-order chi connectivity index (χ0) is 18.4. The molecule has 0 saturated carbocycles. The third kappa shape index (κ3) is 4.54. The number of primary amides is 1.